The fourth-order valence-electron chi connectivity index (χ4n) is 4.39. The van der Waals surface area contributed by atoms with Gasteiger partial charge in [0, 0.05) is 49.2 Å². The zero-order valence-corrected chi connectivity index (χ0v) is 17.9. The molecule has 0 saturated carbocycles. The number of ether oxygens (including phenoxy) is 1. The van der Waals surface area contributed by atoms with Crippen molar-refractivity contribution in [2.45, 2.75) is 32.4 Å². The third-order valence-electron chi connectivity index (χ3n) is 5.91. The Morgan fingerprint density at radius 1 is 1.23 bits per heavy atom. The van der Waals surface area contributed by atoms with Gasteiger partial charge in [-0.05, 0) is 34.5 Å². The van der Waals surface area contributed by atoms with Crippen molar-refractivity contribution in [2.75, 3.05) is 13.1 Å². The zero-order valence-electron chi connectivity index (χ0n) is 17.1. The molecule has 1 aliphatic heterocycles. The van der Waals surface area contributed by atoms with Crippen LogP contribution in [0.25, 0.3) is 10.1 Å². The molecule has 0 spiro atoms. The van der Waals surface area contributed by atoms with Crippen LogP contribution in [0.1, 0.15) is 31.4 Å². The molecule has 0 radical (unpaired) electrons. The van der Waals surface area contributed by atoms with Crippen molar-refractivity contribution in [3.05, 3.63) is 70.9 Å². The first kappa shape index (κ1) is 20.7. The molecule has 2 heterocycles. The molecule has 3 aromatic rings. The van der Waals surface area contributed by atoms with Crippen molar-refractivity contribution < 1.29 is 18.7 Å². The van der Waals surface area contributed by atoms with E-state index in [-0.39, 0.29) is 11.7 Å². The van der Waals surface area contributed by atoms with Crippen molar-refractivity contribution in [3.63, 3.8) is 0 Å². The second-order valence-corrected chi connectivity index (χ2v) is 8.92. The molecule has 0 amide bonds. The van der Waals surface area contributed by atoms with Crippen LogP contribution in [0.15, 0.2) is 53.9 Å². The highest BCUT2D eigenvalue weighted by molar-refractivity contribution is 7.17. The Morgan fingerprint density at radius 2 is 2.00 bits per heavy atom. The normalized spacial score (nSPS) is 22.2. The molecule has 30 heavy (non-hydrogen) atoms. The fourth-order valence-corrected chi connectivity index (χ4v) is 5.36. The quantitative estimate of drug-likeness (QED) is 0.430. The molecule has 1 fully saturated rings. The second kappa shape index (κ2) is 8.28. The van der Waals surface area contributed by atoms with Crippen LogP contribution in [0.5, 0.6) is 0 Å². The Morgan fingerprint density at radius 3 is 2.70 bits per heavy atom. The summed E-state index contributed by atoms with van der Waals surface area (Å²) >= 11 is 1.50. The standard InChI is InChI=1S/C24H24FNO3S/c1-16-14-26(15-18-6-4-3-5-7-18)10-9-24(16,29-23(28)17(2)27)21-13-20(25)12-19-8-11-30-22(19)21/h3-8,11-13,16H,9-10,14-15H2,1-2H3. The first-order valence-corrected chi connectivity index (χ1v) is 10.9. The van der Waals surface area contributed by atoms with Gasteiger partial charge < -0.3 is 4.74 Å². The number of likely N-dealkylation sites (tertiary alicyclic amines) is 1. The van der Waals surface area contributed by atoms with E-state index in [2.05, 4.69) is 17.0 Å². The lowest BCUT2D eigenvalue weighted by molar-refractivity contribution is -0.178. The summed E-state index contributed by atoms with van der Waals surface area (Å²) in [6, 6.07) is 15.0. The van der Waals surface area contributed by atoms with Crippen molar-refractivity contribution in [1.82, 2.24) is 4.90 Å². The van der Waals surface area contributed by atoms with Gasteiger partial charge in [-0.3, -0.25) is 9.69 Å². The molecule has 0 aliphatic carbocycles. The Kier molecular flexibility index (Phi) is 5.71. The summed E-state index contributed by atoms with van der Waals surface area (Å²) < 4.78 is 21.3. The van der Waals surface area contributed by atoms with E-state index in [1.165, 1.54) is 36.0 Å². The van der Waals surface area contributed by atoms with Gasteiger partial charge in [0.1, 0.15) is 11.4 Å². The van der Waals surface area contributed by atoms with Gasteiger partial charge in [-0.1, -0.05) is 37.3 Å². The summed E-state index contributed by atoms with van der Waals surface area (Å²) in [6.45, 7) is 5.35. The summed E-state index contributed by atoms with van der Waals surface area (Å²) in [5, 5.41) is 2.69. The van der Waals surface area contributed by atoms with Crippen molar-refractivity contribution in [1.29, 1.82) is 0 Å². The van der Waals surface area contributed by atoms with E-state index in [0.717, 1.165) is 16.6 Å². The predicted octanol–water partition coefficient (Wildman–Crippen LogP) is 4.91. The molecule has 1 saturated heterocycles. The molecule has 4 rings (SSSR count). The third kappa shape index (κ3) is 3.89. The molecule has 2 atom stereocenters. The summed E-state index contributed by atoms with van der Waals surface area (Å²) in [7, 11) is 0. The third-order valence-corrected chi connectivity index (χ3v) is 6.87. The lowest BCUT2D eigenvalue weighted by atomic mass is 9.76. The number of benzene rings is 2. The summed E-state index contributed by atoms with van der Waals surface area (Å²) in [5.74, 6) is -2.00. The number of carbonyl (C=O) groups excluding carboxylic acids is 2. The minimum atomic E-state index is -1.04. The van der Waals surface area contributed by atoms with Crippen molar-refractivity contribution in [2.24, 2.45) is 5.92 Å². The van der Waals surface area contributed by atoms with Crippen LogP contribution in [-0.2, 0) is 26.5 Å². The molecule has 6 heteroatoms. The summed E-state index contributed by atoms with van der Waals surface area (Å²) in [5.41, 5.74) is 0.833. The molecule has 2 aromatic carbocycles. The maximum atomic E-state index is 14.5. The number of hydrogen-bond acceptors (Lipinski definition) is 5. The molecular formula is C24H24FNO3S. The van der Waals surface area contributed by atoms with Gasteiger partial charge in [0.15, 0.2) is 0 Å². The molecule has 1 aliphatic rings. The Labute approximate surface area is 179 Å². The molecule has 1 aromatic heterocycles. The van der Waals surface area contributed by atoms with Crippen LogP contribution in [0, 0.1) is 11.7 Å². The van der Waals surface area contributed by atoms with Crippen LogP contribution in [0.2, 0.25) is 0 Å². The number of fused-ring (bicyclic) bond motifs is 1. The highest BCUT2D eigenvalue weighted by Gasteiger charge is 2.47. The number of rotatable bonds is 5. The lowest BCUT2D eigenvalue weighted by Gasteiger charge is -2.46. The average molecular weight is 426 g/mol. The maximum absolute atomic E-state index is 14.5. The molecule has 156 valence electrons. The minimum Gasteiger partial charge on any atom is -0.448 e. The van der Waals surface area contributed by atoms with Gasteiger partial charge in [-0.2, -0.15) is 0 Å². The van der Waals surface area contributed by atoms with Crippen LogP contribution in [-0.4, -0.2) is 29.7 Å². The fraction of sp³-hybridized carbons (Fsp3) is 0.333. The van der Waals surface area contributed by atoms with Gasteiger partial charge >= 0.3 is 5.97 Å². The number of ketones is 1. The van der Waals surface area contributed by atoms with Crippen LogP contribution >= 0.6 is 11.3 Å². The Hall–Kier alpha value is -2.57. The zero-order chi connectivity index (χ0) is 21.3. The Balaban J connectivity index is 1.71. The van der Waals surface area contributed by atoms with E-state index >= 15 is 0 Å². The summed E-state index contributed by atoms with van der Waals surface area (Å²) in [4.78, 5) is 26.4. The van der Waals surface area contributed by atoms with Gasteiger partial charge in [0.2, 0.25) is 5.78 Å². The summed E-state index contributed by atoms with van der Waals surface area (Å²) in [6.07, 6.45) is 0.497. The van der Waals surface area contributed by atoms with Gasteiger partial charge in [-0.25, -0.2) is 9.18 Å². The SMILES string of the molecule is CC(=O)C(=O)OC1(c2cc(F)cc3ccsc23)CCN(Cc2ccccc2)CC1C. The number of hydrogen-bond donors (Lipinski definition) is 0. The Bertz CT molecular complexity index is 1080. The van der Waals surface area contributed by atoms with Gasteiger partial charge in [0.25, 0.3) is 0 Å². The molecule has 0 bridgehead atoms. The van der Waals surface area contributed by atoms with Crippen LogP contribution < -0.4 is 0 Å². The maximum Gasteiger partial charge on any atom is 0.375 e. The van der Waals surface area contributed by atoms with Gasteiger partial charge in [-0.15, -0.1) is 11.3 Å². The number of piperidine rings is 1. The van der Waals surface area contributed by atoms with Crippen molar-refractivity contribution >= 4 is 33.2 Å². The van der Waals surface area contributed by atoms with E-state index in [1.807, 2.05) is 36.6 Å². The number of esters is 1. The van der Waals surface area contributed by atoms with Crippen molar-refractivity contribution in [3.8, 4) is 0 Å². The first-order valence-electron chi connectivity index (χ1n) is 10.1. The minimum absolute atomic E-state index is 0.120. The van der Waals surface area contributed by atoms with Gasteiger partial charge in [0.05, 0.1) is 0 Å². The number of nitrogens with zero attached hydrogens (tertiary/aromatic N) is 1. The van der Waals surface area contributed by atoms with E-state index in [1.54, 1.807) is 0 Å². The van der Waals surface area contributed by atoms with E-state index in [0.29, 0.717) is 25.1 Å². The number of halogens is 1. The predicted molar refractivity (Wildman–Crippen MR) is 116 cm³/mol. The lowest BCUT2D eigenvalue weighted by Crippen LogP contribution is -2.51. The number of carbonyl (C=O) groups is 2. The first-order chi connectivity index (χ1) is 14.4. The topological polar surface area (TPSA) is 46.6 Å². The van der Waals surface area contributed by atoms with E-state index in [9.17, 15) is 14.0 Å². The van der Waals surface area contributed by atoms with E-state index in [4.69, 9.17) is 4.74 Å². The molecular weight excluding hydrogens is 401 g/mol. The molecule has 4 nitrogen and oxygen atoms in total. The second-order valence-electron chi connectivity index (χ2n) is 8.00. The highest BCUT2D eigenvalue weighted by atomic mass is 32.1. The van der Waals surface area contributed by atoms with Crippen LogP contribution in [0.4, 0.5) is 4.39 Å². The van der Waals surface area contributed by atoms with Crippen LogP contribution in [0.3, 0.4) is 0 Å². The van der Waals surface area contributed by atoms with E-state index < -0.39 is 17.4 Å². The number of thiophene rings is 1. The monoisotopic (exact) mass is 425 g/mol. The molecule has 2 unspecified atom stereocenters. The molecule has 0 N–H and O–H groups in total. The highest BCUT2D eigenvalue weighted by Crippen LogP contribution is 2.45. The number of Topliss-reactive ketones (excluding diaryl/α,β-unsaturated/α-hetero) is 1. The average Bonchev–Trinajstić information content (AvgIpc) is 3.18. The smallest absolute Gasteiger partial charge is 0.375 e. The largest absolute Gasteiger partial charge is 0.448 e.